The maximum atomic E-state index is 11.2. The third-order valence-electron chi connectivity index (χ3n) is 4.48. The minimum Gasteiger partial charge on any atom is -0.496 e. The van der Waals surface area contributed by atoms with E-state index in [4.69, 9.17) is 9.47 Å². The second-order valence-corrected chi connectivity index (χ2v) is 6.29. The second-order valence-electron chi connectivity index (χ2n) is 6.29. The van der Waals surface area contributed by atoms with Gasteiger partial charge in [0.15, 0.2) is 0 Å². The van der Waals surface area contributed by atoms with Gasteiger partial charge in [-0.15, -0.1) is 0 Å². The van der Waals surface area contributed by atoms with E-state index in [-0.39, 0.29) is 0 Å². The average Bonchev–Trinajstić information content (AvgIpc) is 3.40. The summed E-state index contributed by atoms with van der Waals surface area (Å²) < 4.78 is 11.4. The van der Waals surface area contributed by atoms with Crippen molar-refractivity contribution >= 4 is 17.3 Å². The standard InChI is InChI=1S/C19H18N3O3/c1-11-15(8-23)18-19(22-11)17(20-10-21-18)14-6-5-13(7-16(14)24-2)25-9-12-3-4-12/h5-7,10,12,22H,3-4,9H2,1-2H3. The van der Waals surface area contributed by atoms with E-state index in [1.54, 1.807) is 7.11 Å². The van der Waals surface area contributed by atoms with Gasteiger partial charge < -0.3 is 14.5 Å². The Hall–Kier alpha value is -2.89. The molecule has 0 unspecified atom stereocenters. The van der Waals surface area contributed by atoms with E-state index < -0.39 is 0 Å². The van der Waals surface area contributed by atoms with Crippen molar-refractivity contribution in [3.63, 3.8) is 0 Å². The predicted molar refractivity (Wildman–Crippen MR) is 93.6 cm³/mol. The third kappa shape index (κ3) is 2.84. The van der Waals surface area contributed by atoms with Crippen molar-refractivity contribution in [1.29, 1.82) is 0 Å². The van der Waals surface area contributed by atoms with Crippen LogP contribution in [0.3, 0.4) is 0 Å². The second kappa shape index (κ2) is 6.20. The fourth-order valence-corrected chi connectivity index (χ4v) is 2.91. The molecule has 1 radical (unpaired) electrons. The van der Waals surface area contributed by atoms with Gasteiger partial charge in [-0.25, -0.2) is 9.97 Å². The van der Waals surface area contributed by atoms with Crippen molar-refractivity contribution in [3.8, 4) is 22.8 Å². The molecule has 6 nitrogen and oxygen atoms in total. The van der Waals surface area contributed by atoms with Gasteiger partial charge >= 0.3 is 0 Å². The third-order valence-corrected chi connectivity index (χ3v) is 4.48. The number of aryl methyl sites for hydroxylation is 1. The molecule has 0 aliphatic heterocycles. The molecule has 4 rings (SSSR count). The van der Waals surface area contributed by atoms with Crippen molar-refractivity contribution in [2.45, 2.75) is 19.8 Å². The maximum Gasteiger partial charge on any atom is 0.237 e. The van der Waals surface area contributed by atoms with E-state index in [0.717, 1.165) is 23.6 Å². The number of aromatic nitrogens is 3. The van der Waals surface area contributed by atoms with Gasteiger partial charge in [0.05, 0.1) is 24.8 Å². The fourth-order valence-electron chi connectivity index (χ4n) is 2.91. The molecule has 0 saturated heterocycles. The normalized spacial score (nSPS) is 13.8. The predicted octanol–water partition coefficient (Wildman–Crippen LogP) is 3.19. The Morgan fingerprint density at radius 1 is 1.32 bits per heavy atom. The van der Waals surface area contributed by atoms with Gasteiger partial charge in [0.1, 0.15) is 29.0 Å². The zero-order valence-electron chi connectivity index (χ0n) is 14.1. The summed E-state index contributed by atoms with van der Waals surface area (Å²) in [5, 5.41) is 0. The van der Waals surface area contributed by atoms with Crippen LogP contribution in [0.5, 0.6) is 11.5 Å². The Balaban J connectivity index is 1.78. The maximum absolute atomic E-state index is 11.2. The van der Waals surface area contributed by atoms with Crippen LogP contribution in [-0.4, -0.2) is 35.0 Å². The smallest absolute Gasteiger partial charge is 0.237 e. The zero-order valence-corrected chi connectivity index (χ0v) is 14.1. The van der Waals surface area contributed by atoms with E-state index in [2.05, 4.69) is 15.0 Å². The summed E-state index contributed by atoms with van der Waals surface area (Å²) in [6.07, 6.45) is 5.89. The molecule has 1 N–H and O–H groups in total. The highest BCUT2D eigenvalue weighted by Crippen LogP contribution is 2.37. The van der Waals surface area contributed by atoms with Gasteiger partial charge in [-0.05, 0) is 37.8 Å². The number of H-pyrrole nitrogens is 1. The Labute approximate surface area is 145 Å². The van der Waals surface area contributed by atoms with Crippen LogP contribution in [0.25, 0.3) is 22.3 Å². The molecule has 6 heteroatoms. The lowest BCUT2D eigenvalue weighted by Gasteiger charge is -2.12. The number of benzene rings is 1. The lowest BCUT2D eigenvalue weighted by Crippen LogP contribution is -2.00. The summed E-state index contributed by atoms with van der Waals surface area (Å²) in [4.78, 5) is 23.0. The number of fused-ring (bicyclic) bond motifs is 1. The van der Waals surface area contributed by atoms with Crippen LogP contribution < -0.4 is 9.47 Å². The molecular weight excluding hydrogens is 318 g/mol. The van der Waals surface area contributed by atoms with Crippen LogP contribution in [0.2, 0.25) is 0 Å². The number of aromatic amines is 1. The first-order chi connectivity index (χ1) is 12.2. The first kappa shape index (κ1) is 15.6. The number of nitrogens with zero attached hydrogens (tertiary/aromatic N) is 2. The van der Waals surface area contributed by atoms with Crippen LogP contribution in [0.15, 0.2) is 24.5 Å². The monoisotopic (exact) mass is 336 g/mol. The van der Waals surface area contributed by atoms with E-state index in [9.17, 15) is 4.79 Å². The number of ether oxygens (including phenoxy) is 2. The summed E-state index contributed by atoms with van der Waals surface area (Å²) in [5.74, 6) is 2.13. The van der Waals surface area contributed by atoms with Gasteiger partial charge in [-0.3, -0.25) is 4.79 Å². The number of hydrogen-bond acceptors (Lipinski definition) is 5. The van der Waals surface area contributed by atoms with Crippen LogP contribution in [0, 0.1) is 12.8 Å². The highest BCUT2D eigenvalue weighted by molar-refractivity contribution is 6.02. The molecule has 0 spiro atoms. The molecule has 1 fully saturated rings. The Kier molecular flexibility index (Phi) is 3.87. The van der Waals surface area contributed by atoms with Crippen LogP contribution in [0.1, 0.15) is 24.1 Å². The summed E-state index contributed by atoms with van der Waals surface area (Å²) in [6, 6.07) is 5.70. The summed E-state index contributed by atoms with van der Waals surface area (Å²) >= 11 is 0. The molecular formula is C19H18N3O3. The summed E-state index contributed by atoms with van der Waals surface area (Å²) in [6.45, 7) is 2.56. The van der Waals surface area contributed by atoms with Crippen LogP contribution >= 0.6 is 0 Å². The molecule has 0 amide bonds. The van der Waals surface area contributed by atoms with E-state index in [0.29, 0.717) is 34.0 Å². The molecule has 127 valence electrons. The zero-order chi connectivity index (χ0) is 17.4. The van der Waals surface area contributed by atoms with E-state index in [1.165, 1.54) is 19.2 Å². The molecule has 3 aromatic rings. The number of hydrogen-bond donors (Lipinski definition) is 1. The minimum atomic E-state index is 0.432. The first-order valence-electron chi connectivity index (χ1n) is 8.24. The lowest BCUT2D eigenvalue weighted by molar-refractivity contribution is 0.297. The van der Waals surface area contributed by atoms with Gasteiger partial charge in [0.25, 0.3) is 0 Å². The lowest BCUT2D eigenvalue weighted by atomic mass is 10.1. The van der Waals surface area contributed by atoms with Crippen molar-refractivity contribution < 1.29 is 14.3 Å². The molecule has 1 aliphatic carbocycles. The van der Waals surface area contributed by atoms with Crippen LogP contribution in [0.4, 0.5) is 0 Å². The largest absolute Gasteiger partial charge is 0.496 e. The van der Waals surface area contributed by atoms with E-state index >= 15 is 0 Å². The summed E-state index contributed by atoms with van der Waals surface area (Å²) in [5.41, 5.74) is 3.90. The highest BCUT2D eigenvalue weighted by Gasteiger charge is 2.22. The topological polar surface area (TPSA) is 77.1 Å². The van der Waals surface area contributed by atoms with Gasteiger partial charge in [-0.2, -0.15) is 0 Å². The number of nitrogens with one attached hydrogen (secondary N) is 1. The van der Waals surface area contributed by atoms with E-state index in [1.807, 2.05) is 31.4 Å². The van der Waals surface area contributed by atoms with Gasteiger partial charge in [0.2, 0.25) is 6.29 Å². The van der Waals surface area contributed by atoms with Crippen molar-refractivity contribution in [3.05, 3.63) is 35.8 Å². The molecule has 2 heterocycles. The molecule has 0 bridgehead atoms. The van der Waals surface area contributed by atoms with Crippen molar-refractivity contribution in [2.75, 3.05) is 13.7 Å². The molecule has 1 aromatic carbocycles. The van der Waals surface area contributed by atoms with Crippen LogP contribution in [-0.2, 0) is 4.79 Å². The quantitative estimate of drug-likeness (QED) is 0.748. The molecule has 1 saturated carbocycles. The first-order valence-corrected chi connectivity index (χ1v) is 8.24. The number of rotatable bonds is 6. The number of carbonyl (C=O) groups excluding carboxylic acids is 1. The average molecular weight is 336 g/mol. The highest BCUT2D eigenvalue weighted by atomic mass is 16.5. The molecule has 1 aliphatic rings. The molecule has 25 heavy (non-hydrogen) atoms. The summed E-state index contributed by atoms with van der Waals surface area (Å²) in [7, 11) is 1.62. The Bertz CT molecular complexity index is 944. The fraction of sp³-hybridized carbons (Fsp3) is 0.316. The van der Waals surface area contributed by atoms with Gasteiger partial charge in [-0.1, -0.05) is 0 Å². The molecule has 0 atom stereocenters. The van der Waals surface area contributed by atoms with Crippen molar-refractivity contribution in [2.24, 2.45) is 5.92 Å². The van der Waals surface area contributed by atoms with Gasteiger partial charge in [0, 0.05) is 17.3 Å². The Morgan fingerprint density at radius 2 is 2.16 bits per heavy atom. The number of methoxy groups -OCH3 is 1. The molecule has 2 aromatic heterocycles. The van der Waals surface area contributed by atoms with Crippen molar-refractivity contribution in [1.82, 2.24) is 15.0 Å². The Morgan fingerprint density at radius 3 is 2.88 bits per heavy atom. The SMILES string of the molecule is COc1cc(OCC2CC2)ccc1-c1ncnc2c([C]=O)c(C)[nH]c12. The minimum absolute atomic E-state index is 0.432.